The Hall–Kier alpha value is -0.283. The molecule has 22 heavy (non-hydrogen) atoms. The minimum atomic E-state index is -3.55. The summed E-state index contributed by atoms with van der Waals surface area (Å²) in [5.74, 6) is -7.46. The second-order valence-electron chi connectivity index (χ2n) is 6.64. The number of alkyl halides is 6. The third kappa shape index (κ3) is 11.3. The Morgan fingerprint density at radius 3 is 1.45 bits per heavy atom. The summed E-state index contributed by atoms with van der Waals surface area (Å²) >= 11 is 0. The van der Waals surface area contributed by atoms with Gasteiger partial charge in [0.2, 0.25) is 0 Å². The maximum absolute atomic E-state index is 12.7. The minimum absolute atomic E-state index is 0.138. The molecule has 0 aliphatic rings. The van der Waals surface area contributed by atoms with Crippen LogP contribution in [0.3, 0.4) is 0 Å². The summed E-state index contributed by atoms with van der Waals surface area (Å²) in [5, 5.41) is 0. The number of ether oxygens (including phenoxy) is 2. The normalized spacial score (nSPS) is 13.9. The Morgan fingerprint density at radius 1 is 0.818 bits per heavy atom. The Morgan fingerprint density at radius 2 is 1.18 bits per heavy atom. The number of hydrogen-bond donors (Lipinski definition) is 0. The van der Waals surface area contributed by atoms with Crippen LogP contribution >= 0.6 is 0 Å². The fraction of sp³-hybridized carbons (Fsp3) is 1.00. The quantitative estimate of drug-likeness (QED) is 0.387. The molecule has 0 fully saturated rings. The first-order valence-electron chi connectivity index (χ1n) is 6.94. The van der Waals surface area contributed by atoms with Crippen molar-refractivity contribution in [3.8, 4) is 0 Å². The summed E-state index contributed by atoms with van der Waals surface area (Å²) in [4.78, 5) is 0. The van der Waals surface area contributed by atoms with Crippen LogP contribution in [0.15, 0.2) is 0 Å². The summed E-state index contributed by atoms with van der Waals surface area (Å²) in [6.07, 6.45) is 0. The van der Waals surface area contributed by atoms with Crippen LogP contribution in [0.25, 0.3) is 0 Å². The van der Waals surface area contributed by atoms with Crippen LogP contribution in [0, 0.1) is 5.92 Å². The largest absolute Gasteiger partial charge is 0.375 e. The molecule has 134 valence electrons. The number of rotatable bonds is 12. The van der Waals surface area contributed by atoms with E-state index in [1.54, 1.807) is 0 Å². The molecule has 0 N–H and O–H groups in total. The van der Waals surface area contributed by atoms with Crippen LogP contribution in [-0.4, -0.2) is 59.7 Å². The van der Waals surface area contributed by atoms with Crippen molar-refractivity contribution in [1.29, 1.82) is 0 Å². The zero-order valence-electron chi connectivity index (χ0n) is 13.1. The predicted molar refractivity (Wildman–Crippen MR) is 75.1 cm³/mol. The van der Waals surface area contributed by atoms with Crippen LogP contribution < -0.4 is 0 Å². The molecule has 0 aliphatic heterocycles. The molecule has 0 saturated heterocycles. The summed E-state index contributed by atoms with van der Waals surface area (Å²) < 4.78 is 84.5. The first kappa shape index (κ1) is 21.7. The molecule has 0 aromatic rings. The van der Waals surface area contributed by atoms with Gasteiger partial charge in [-0.25, -0.2) is 26.3 Å². The van der Waals surface area contributed by atoms with Gasteiger partial charge in [-0.05, 0) is 0 Å². The van der Waals surface area contributed by atoms with Crippen LogP contribution in [-0.2, 0) is 9.47 Å². The maximum atomic E-state index is 12.7. The van der Waals surface area contributed by atoms with Crippen LogP contribution in [0.4, 0.5) is 26.3 Å². The van der Waals surface area contributed by atoms with Crippen molar-refractivity contribution < 1.29 is 35.8 Å². The monoisotopic (exact) mass is 354 g/mol. The molecule has 0 unspecified atom stereocenters. The van der Waals surface area contributed by atoms with Crippen molar-refractivity contribution in [3.05, 3.63) is 0 Å². The Labute approximate surface area is 128 Å². The average molecular weight is 354 g/mol. The van der Waals surface area contributed by atoms with Gasteiger partial charge >= 0.3 is 0 Å². The lowest BCUT2D eigenvalue weighted by atomic mass is 10.2. The average Bonchev–Trinajstić information content (AvgIpc) is 2.36. The lowest BCUT2D eigenvalue weighted by Crippen LogP contribution is -2.33. The second-order valence-corrected chi connectivity index (χ2v) is 12.2. The first-order valence-corrected chi connectivity index (χ1v) is 10.6. The van der Waals surface area contributed by atoms with Gasteiger partial charge in [0.05, 0.1) is 13.2 Å². The Kier molecular flexibility index (Phi) is 9.00. The molecule has 0 aromatic carbocycles. The number of hydrogen-bond acceptors (Lipinski definition) is 2. The van der Waals surface area contributed by atoms with Gasteiger partial charge in [-0.2, -0.15) is 0 Å². The lowest BCUT2D eigenvalue weighted by Gasteiger charge is -2.25. The van der Waals surface area contributed by atoms with E-state index in [-0.39, 0.29) is 19.1 Å². The van der Waals surface area contributed by atoms with Gasteiger partial charge in [0.25, 0.3) is 11.8 Å². The van der Waals surface area contributed by atoms with Crippen molar-refractivity contribution in [2.24, 2.45) is 5.92 Å². The topological polar surface area (TPSA) is 18.5 Å². The van der Waals surface area contributed by atoms with E-state index in [1.807, 2.05) is 19.6 Å². The summed E-state index contributed by atoms with van der Waals surface area (Å²) in [7, 11) is -1.61. The molecule has 0 saturated carbocycles. The Balaban J connectivity index is 4.33. The van der Waals surface area contributed by atoms with Gasteiger partial charge in [-0.3, -0.25) is 0 Å². The molecule has 0 aliphatic carbocycles. The van der Waals surface area contributed by atoms with Gasteiger partial charge in [0, 0.05) is 14.0 Å². The van der Waals surface area contributed by atoms with E-state index in [1.165, 1.54) is 0 Å². The summed E-state index contributed by atoms with van der Waals surface area (Å²) in [6, 6.07) is 0.607. The molecule has 0 amide bonds. The predicted octanol–water partition coefficient (Wildman–Crippen LogP) is 4.18. The van der Waals surface area contributed by atoms with Crippen LogP contribution in [0.2, 0.25) is 25.7 Å². The molecule has 0 spiro atoms. The fourth-order valence-corrected chi connectivity index (χ4v) is 3.83. The second kappa shape index (κ2) is 9.12. The highest BCUT2D eigenvalue weighted by atomic mass is 28.3. The highest BCUT2D eigenvalue weighted by Gasteiger charge is 2.32. The molecule has 0 aromatic heterocycles. The lowest BCUT2D eigenvalue weighted by molar-refractivity contribution is -0.111. The van der Waals surface area contributed by atoms with Crippen molar-refractivity contribution in [1.82, 2.24) is 0 Å². The van der Waals surface area contributed by atoms with E-state index in [0.29, 0.717) is 6.04 Å². The molecule has 0 heterocycles. The minimum Gasteiger partial charge on any atom is -0.375 e. The molecular weight excluding hydrogens is 330 g/mol. The third-order valence-electron chi connectivity index (χ3n) is 2.63. The van der Waals surface area contributed by atoms with Gasteiger partial charge in [0.1, 0.15) is 13.2 Å². The zero-order chi connectivity index (χ0) is 17.4. The SMILES string of the molecule is C[Si](C)(C)CC(COCC(F)(F)CF)COCC(F)(F)CF. The van der Waals surface area contributed by atoms with Gasteiger partial charge < -0.3 is 9.47 Å². The summed E-state index contributed by atoms with van der Waals surface area (Å²) in [5.41, 5.74) is 0. The van der Waals surface area contributed by atoms with E-state index >= 15 is 0 Å². The number of halogens is 6. The molecule has 0 bridgehead atoms. The third-order valence-corrected chi connectivity index (χ3v) is 4.43. The van der Waals surface area contributed by atoms with Crippen molar-refractivity contribution in [2.45, 2.75) is 37.5 Å². The molecular formula is C13H24F6O2Si. The van der Waals surface area contributed by atoms with Crippen LogP contribution in [0.1, 0.15) is 0 Å². The van der Waals surface area contributed by atoms with E-state index < -0.39 is 46.5 Å². The molecule has 0 atom stereocenters. The van der Waals surface area contributed by atoms with Crippen molar-refractivity contribution >= 4 is 8.07 Å². The zero-order valence-corrected chi connectivity index (χ0v) is 14.1. The molecule has 0 radical (unpaired) electrons. The standard InChI is InChI=1S/C13H24F6O2Si/c1-22(2,3)6-11(4-20-9-12(16,17)7-14)5-21-10-13(18,19)8-15/h11H,4-10H2,1-3H3. The molecule has 2 nitrogen and oxygen atoms in total. The smallest absolute Gasteiger partial charge is 0.298 e. The van der Waals surface area contributed by atoms with E-state index in [2.05, 4.69) is 0 Å². The van der Waals surface area contributed by atoms with Gasteiger partial charge in [-0.15, -0.1) is 0 Å². The van der Waals surface area contributed by atoms with E-state index in [9.17, 15) is 26.3 Å². The fourth-order valence-electron chi connectivity index (χ4n) is 1.86. The molecule has 9 heteroatoms. The highest BCUT2D eigenvalue weighted by molar-refractivity contribution is 6.76. The van der Waals surface area contributed by atoms with Gasteiger partial charge in [-0.1, -0.05) is 25.7 Å². The highest BCUT2D eigenvalue weighted by Crippen LogP contribution is 2.21. The van der Waals surface area contributed by atoms with Crippen molar-refractivity contribution in [2.75, 3.05) is 39.8 Å². The van der Waals surface area contributed by atoms with Crippen molar-refractivity contribution in [3.63, 3.8) is 0 Å². The summed E-state index contributed by atoms with van der Waals surface area (Å²) in [6.45, 7) is 0.0294. The van der Waals surface area contributed by atoms with Crippen LogP contribution in [0.5, 0.6) is 0 Å². The Bertz CT molecular complexity index is 287. The van der Waals surface area contributed by atoms with E-state index in [4.69, 9.17) is 9.47 Å². The van der Waals surface area contributed by atoms with Gasteiger partial charge in [0.15, 0.2) is 13.3 Å². The molecule has 0 rings (SSSR count). The maximum Gasteiger partial charge on any atom is 0.298 e. The van der Waals surface area contributed by atoms with E-state index in [0.717, 1.165) is 0 Å². The first-order chi connectivity index (χ1) is 9.91.